The van der Waals surface area contributed by atoms with Gasteiger partial charge < -0.3 is 24.9 Å². The Labute approximate surface area is 235 Å². The normalized spacial score (nSPS) is 29.2. The lowest BCUT2D eigenvalue weighted by Gasteiger charge is -2.68. The molecule has 0 radical (unpaired) electrons. The van der Waals surface area contributed by atoms with Crippen LogP contribution >= 0.6 is 0 Å². The lowest BCUT2D eigenvalue weighted by Crippen LogP contribution is -2.63. The van der Waals surface area contributed by atoms with Crippen LogP contribution in [0.3, 0.4) is 0 Å². The van der Waals surface area contributed by atoms with Gasteiger partial charge in [-0.25, -0.2) is 0 Å². The van der Waals surface area contributed by atoms with Crippen LogP contribution < -0.4 is 10.5 Å². The lowest BCUT2D eigenvalue weighted by atomic mass is 9.36. The summed E-state index contributed by atoms with van der Waals surface area (Å²) in [6.07, 6.45) is 2.52. The van der Waals surface area contributed by atoms with Crippen LogP contribution in [0.2, 0.25) is 0 Å². The van der Waals surface area contributed by atoms with Crippen molar-refractivity contribution in [1.29, 1.82) is 0 Å². The summed E-state index contributed by atoms with van der Waals surface area (Å²) in [5.41, 5.74) is 9.32. The number of alkyl halides is 3. The molecule has 1 heterocycles. The number of nitrogens with two attached hydrogens (primary N) is 1. The molecule has 4 aliphatic carbocycles. The highest BCUT2D eigenvalue weighted by molar-refractivity contribution is 5.97. The molecule has 0 aliphatic heterocycles. The molecule has 2 unspecified atom stereocenters. The smallest absolute Gasteiger partial charge is 0.409 e. The molecule has 1 aromatic heterocycles. The number of benzene rings is 2. The van der Waals surface area contributed by atoms with Crippen molar-refractivity contribution in [2.75, 3.05) is 0 Å². The predicted octanol–water partition coefficient (Wildman–Crippen LogP) is 6.88. The van der Waals surface area contributed by atoms with E-state index in [0.29, 0.717) is 34.8 Å². The number of halogens is 3. The number of nitrogens with zero attached hydrogens (tertiary/aromatic N) is 2. The third-order valence-corrected chi connectivity index (χ3v) is 9.79. The standard InChI is InChI=1S/C31H32F3N3O4/c32-31(33,34)40-25-4-2-1-3-23(25)27-24(28(41-37-27)17-5-6-17)16-39-22-12-9-19-14-30(15-20(13-22)26(19)30)21-10-7-18(8-11-21)29(35)36-38/h1-4,7-8,10-11,17,19-20,22,26,38H,5-6,9,12-16H2,(H2,35,36)/t19-,20-,22+,26?,30?/m1/s1. The molecule has 7 nitrogen and oxygen atoms in total. The minimum absolute atomic E-state index is 0.0722. The molecule has 4 saturated carbocycles. The fourth-order valence-electron chi connectivity index (χ4n) is 7.91. The second kappa shape index (κ2) is 9.79. The summed E-state index contributed by atoms with van der Waals surface area (Å²) in [5.74, 6) is 2.64. The molecule has 0 spiro atoms. The van der Waals surface area contributed by atoms with Gasteiger partial charge in [0.25, 0.3) is 0 Å². The average molecular weight is 568 g/mol. The van der Waals surface area contributed by atoms with Gasteiger partial charge in [0.05, 0.1) is 12.7 Å². The summed E-state index contributed by atoms with van der Waals surface area (Å²) >= 11 is 0. The van der Waals surface area contributed by atoms with Crippen LogP contribution in [-0.4, -0.2) is 28.7 Å². The first kappa shape index (κ1) is 26.4. The highest BCUT2D eigenvalue weighted by atomic mass is 19.4. The van der Waals surface area contributed by atoms with Crippen molar-refractivity contribution in [2.24, 2.45) is 28.6 Å². The van der Waals surface area contributed by atoms with Crippen LogP contribution in [-0.2, 0) is 16.8 Å². The van der Waals surface area contributed by atoms with E-state index in [9.17, 15) is 13.2 Å². The molecule has 4 fully saturated rings. The van der Waals surface area contributed by atoms with Gasteiger partial charge in [-0.2, -0.15) is 0 Å². The number of rotatable bonds is 8. The van der Waals surface area contributed by atoms with Crippen molar-refractivity contribution in [1.82, 2.24) is 5.16 Å². The molecule has 0 amide bonds. The summed E-state index contributed by atoms with van der Waals surface area (Å²) in [4.78, 5) is 0. The maximum absolute atomic E-state index is 13.1. The minimum Gasteiger partial charge on any atom is -0.409 e. The molecule has 4 aliphatic rings. The summed E-state index contributed by atoms with van der Waals surface area (Å²) in [5, 5.41) is 16.3. The first-order valence-electron chi connectivity index (χ1n) is 14.3. The Bertz CT molecular complexity index is 1470. The Hall–Kier alpha value is -3.53. The zero-order chi connectivity index (χ0) is 28.4. The first-order chi connectivity index (χ1) is 19.8. The Kier molecular flexibility index (Phi) is 6.30. The van der Waals surface area contributed by atoms with E-state index in [0.717, 1.165) is 44.1 Å². The topological polar surface area (TPSA) is 103 Å². The summed E-state index contributed by atoms with van der Waals surface area (Å²) in [7, 11) is 0. The Balaban J connectivity index is 1.07. The van der Waals surface area contributed by atoms with Crippen molar-refractivity contribution in [2.45, 2.75) is 75.4 Å². The van der Waals surface area contributed by atoms with Gasteiger partial charge in [-0.15, -0.1) is 13.2 Å². The van der Waals surface area contributed by atoms with E-state index in [-0.39, 0.29) is 41.2 Å². The number of ether oxygens (including phenoxy) is 2. The van der Waals surface area contributed by atoms with Crippen molar-refractivity contribution in [3.05, 3.63) is 71.0 Å². The van der Waals surface area contributed by atoms with Gasteiger partial charge in [0.1, 0.15) is 17.2 Å². The molecule has 2 aromatic carbocycles. The third kappa shape index (κ3) is 4.66. The number of aromatic nitrogens is 1. The maximum Gasteiger partial charge on any atom is 0.573 e. The molecule has 7 rings (SSSR count). The first-order valence-corrected chi connectivity index (χ1v) is 14.3. The summed E-state index contributed by atoms with van der Waals surface area (Å²) in [6.45, 7) is 0.248. The van der Waals surface area contributed by atoms with Crippen molar-refractivity contribution < 1.29 is 32.4 Å². The van der Waals surface area contributed by atoms with Gasteiger partial charge in [0.15, 0.2) is 5.84 Å². The Morgan fingerprint density at radius 2 is 1.80 bits per heavy atom. The van der Waals surface area contributed by atoms with E-state index in [4.69, 9.17) is 20.2 Å². The highest BCUT2D eigenvalue weighted by Crippen LogP contribution is 2.71. The summed E-state index contributed by atoms with van der Waals surface area (Å²) < 4.78 is 55.9. The van der Waals surface area contributed by atoms with Crippen LogP contribution in [0.25, 0.3) is 11.3 Å². The largest absolute Gasteiger partial charge is 0.573 e. The van der Waals surface area contributed by atoms with Gasteiger partial charge in [-0.3, -0.25) is 0 Å². The molecule has 5 atom stereocenters. The van der Waals surface area contributed by atoms with Gasteiger partial charge in [0, 0.05) is 22.6 Å². The van der Waals surface area contributed by atoms with E-state index >= 15 is 0 Å². The molecule has 216 valence electrons. The SMILES string of the molecule is N/C(=N\O)c1ccc(C23C[C@H]4CC[C@H](OCc5c(-c6ccccc6OC(F)(F)F)noc5C5CC5)C[C@H](C2)C43)cc1. The predicted molar refractivity (Wildman–Crippen MR) is 143 cm³/mol. The van der Waals surface area contributed by atoms with Crippen molar-refractivity contribution in [3.8, 4) is 17.0 Å². The van der Waals surface area contributed by atoms with Crippen LogP contribution in [0.1, 0.15) is 73.3 Å². The van der Waals surface area contributed by atoms with Gasteiger partial charge >= 0.3 is 6.36 Å². The molecular weight excluding hydrogens is 535 g/mol. The van der Waals surface area contributed by atoms with Crippen LogP contribution in [0.5, 0.6) is 5.75 Å². The lowest BCUT2D eigenvalue weighted by molar-refractivity contribution is -0.274. The molecule has 0 bridgehead atoms. The van der Waals surface area contributed by atoms with E-state index in [2.05, 4.69) is 27.2 Å². The number of oxime groups is 1. The van der Waals surface area contributed by atoms with Crippen LogP contribution in [0.15, 0.2) is 58.2 Å². The highest BCUT2D eigenvalue weighted by Gasteiger charge is 2.65. The van der Waals surface area contributed by atoms with Gasteiger partial charge in [0.2, 0.25) is 0 Å². The second-order valence-corrected chi connectivity index (χ2v) is 12.1. The number of hydrogen-bond acceptors (Lipinski definition) is 6. The fraction of sp³-hybridized carbons (Fsp3) is 0.484. The van der Waals surface area contributed by atoms with Crippen molar-refractivity contribution >= 4 is 5.84 Å². The van der Waals surface area contributed by atoms with Crippen molar-refractivity contribution in [3.63, 3.8) is 0 Å². The molecular formula is C31H32F3N3O4. The van der Waals surface area contributed by atoms with E-state index in [1.807, 2.05) is 12.1 Å². The second-order valence-electron chi connectivity index (χ2n) is 12.1. The number of amidine groups is 1. The third-order valence-electron chi connectivity index (χ3n) is 9.79. The van der Waals surface area contributed by atoms with E-state index in [1.54, 1.807) is 12.1 Å². The average Bonchev–Trinajstić information content (AvgIpc) is 3.70. The minimum atomic E-state index is -4.81. The quantitative estimate of drug-likeness (QED) is 0.133. The van der Waals surface area contributed by atoms with E-state index in [1.165, 1.54) is 24.1 Å². The zero-order valence-corrected chi connectivity index (χ0v) is 22.4. The molecule has 3 aromatic rings. The molecule has 10 heteroatoms. The van der Waals surface area contributed by atoms with Crippen LogP contribution in [0.4, 0.5) is 13.2 Å². The van der Waals surface area contributed by atoms with Crippen LogP contribution in [0, 0.1) is 17.8 Å². The number of para-hydroxylation sites is 1. The maximum atomic E-state index is 13.1. The van der Waals surface area contributed by atoms with E-state index < -0.39 is 6.36 Å². The molecule has 41 heavy (non-hydrogen) atoms. The van der Waals surface area contributed by atoms with Gasteiger partial charge in [-0.05, 0) is 85.8 Å². The monoisotopic (exact) mass is 567 g/mol. The summed E-state index contributed by atoms with van der Waals surface area (Å²) in [6, 6.07) is 14.1. The van der Waals surface area contributed by atoms with Gasteiger partial charge in [-0.1, -0.05) is 46.7 Å². The Morgan fingerprint density at radius 1 is 1.05 bits per heavy atom. The number of hydrogen-bond donors (Lipinski definition) is 2. The zero-order valence-electron chi connectivity index (χ0n) is 22.4. The molecule has 0 saturated heterocycles. The Morgan fingerprint density at radius 3 is 2.54 bits per heavy atom. The fourth-order valence-corrected chi connectivity index (χ4v) is 7.91. The molecule has 3 N–H and O–H groups in total.